The van der Waals surface area contributed by atoms with Crippen LogP contribution in [0.3, 0.4) is 0 Å². The zero-order valence-electron chi connectivity index (χ0n) is 8.85. The van der Waals surface area contributed by atoms with E-state index < -0.39 is 0 Å². The first-order valence-electron chi connectivity index (χ1n) is 4.85. The number of hydrogen-bond acceptors (Lipinski definition) is 2. The molecule has 2 rings (SSSR count). The predicted octanol–water partition coefficient (Wildman–Crippen LogP) is 2.77. The first-order valence-corrected chi connectivity index (χ1v) is 4.85. The zero-order valence-corrected chi connectivity index (χ0v) is 8.85. The molecule has 74 valence electrons. The van der Waals surface area contributed by atoms with Gasteiger partial charge in [0.1, 0.15) is 11.3 Å². The molecule has 0 aliphatic heterocycles. The van der Waals surface area contributed by atoms with E-state index in [4.69, 9.17) is 4.42 Å². The van der Waals surface area contributed by atoms with E-state index in [1.807, 2.05) is 7.05 Å². The monoisotopic (exact) mass is 189 g/mol. The fraction of sp³-hybridized carbons (Fsp3) is 0.333. The van der Waals surface area contributed by atoms with E-state index in [1.165, 1.54) is 16.5 Å². The maximum Gasteiger partial charge on any atom is 0.137 e. The van der Waals surface area contributed by atoms with E-state index in [1.54, 1.807) is 0 Å². The third-order valence-corrected chi connectivity index (χ3v) is 2.50. The van der Waals surface area contributed by atoms with Crippen LogP contribution in [0.25, 0.3) is 11.0 Å². The fourth-order valence-corrected chi connectivity index (χ4v) is 1.70. The Bertz CT molecular complexity index is 418. The molecule has 0 saturated heterocycles. The van der Waals surface area contributed by atoms with Gasteiger partial charge < -0.3 is 9.73 Å². The maximum absolute atomic E-state index is 5.76. The molecule has 2 heteroatoms. The molecule has 0 bridgehead atoms. The minimum atomic E-state index is 0.785. The summed E-state index contributed by atoms with van der Waals surface area (Å²) >= 11 is 0. The predicted molar refractivity (Wildman–Crippen MR) is 58.5 cm³/mol. The van der Waals surface area contributed by atoms with Crippen molar-refractivity contribution in [1.82, 2.24) is 5.32 Å². The van der Waals surface area contributed by atoms with Crippen molar-refractivity contribution in [1.29, 1.82) is 0 Å². The van der Waals surface area contributed by atoms with Gasteiger partial charge >= 0.3 is 0 Å². The van der Waals surface area contributed by atoms with E-state index in [0.29, 0.717) is 0 Å². The normalized spacial score (nSPS) is 11.1. The van der Waals surface area contributed by atoms with Gasteiger partial charge in [0, 0.05) is 5.39 Å². The van der Waals surface area contributed by atoms with E-state index >= 15 is 0 Å². The molecule has 1 aromatic carbocycles. The highest BCUT2D eigenvalue weighted by Crippen LogP contribution is 2.25. The van der Waals surface area contributed by atoms with Crippen molar-refractivity contribution in [3.05, 3.63) is 35.1 Å². The summed E-state index contributed by atoms with van der Waals surface area (Å²) in [5.74, 6) is 1.000. The maximum atomic E-state index is 5.76. The Balaban J connectivity index is 2.63. The summed E-state index contributed by atoms with van der Waals surface area (Å²) in [6, 6.07) is 6.36. The molecule has 1 N–H and O–H groups in total. The van der Waals surface area contributed by atoms with Crippen LogP contribution in [0.15, 0.2) is 22.6 Å². The van der Waals surface area contributed by atoms with Crippen molar-refractivity contribution in [2.24, 2.45) is 0 Å². The van der Waals surface area contributed by atoms with E-state index in [0.717, 1.165) is 17.9 Å². The highest BCUT2D eigenvalue weighted by molar-refractivity contribution is 5.84. The van der Waals surface area contributed by atoms with Gasteiger partial charge in [-0.2, -0.15) is 0 Å². The van der Waals surface area contributed by atoms with Crippen molar-refractivity contribution in [2.45, 2.75) is 20.4 Å². The average Bonchev–Trinajstić information content (AvgIpc) is 2.57. The van der Waals surface area contributed by atoms with E-state index in [-0.39, 0.29) is 0 Å². The van der Waals surface area contributed by atoms with Gasteiger partial charge in [-0.05, 0) is 38.1 Å². The van der Waals surface area contributed by atoms with Crippen molar-refractivity contribution in [3.8, 4) is 0 Å². The Hall–Kier alpha value is -1.28. The molecule has 0 saturated carbocycles. The van der Waals surface area contributed by atoms with E-state index in [9.17, 15) is 0 Å². The lowest BCUT2D eigenvalue weighted by molar-refractivity contribution is 0.529. The Morgan fingerprint density at radius 1 is 1.21 bits per heavy atom. The van der Waals surface area contributed by atoms with Crippen LogP contribution < -0.4 is 5.32 Å². The van der Waals surface area contributed by atoms with Gasteiger partial charge in [-0.25, -0.2) is 0 Å². The van der Waals surface area contributed by atoms with Crippen LogP contribution in [0, 0.1) is 13.8 Å². The molecule has 0 amide bonds. The first kappa shape index (κ1) is 9.28. The van der Waals surface area contributed by atoms with Crippen LogP contribution >= 0.6 is 0 Å². The number of furan rings is 1. The number of aryl methyl sites for hydroxylation is 2. The van der Waals surface area contributed by atoms with Crippen molar-refractivity contribution < 1.29 is 4.42 Å². The standard InChI is InChI=1S/C12H15NO/c1-8-4-5-9(2)12-11(8)6-10(14-12)7-13-3/h4-6,13H,7H2,1-3H3. The van der Waals surface area contributed by atoms with Crippen LogP contribution in [0.2, 0.25) is 0 Å². The smallest absolute Gasteiger partial charge is 0.137 e. The summed E-state index contributed by atoms with van der Waals surface area (Å²) < 4.78 is 5.76. The summed E-state index contributed by atoms with van der Waals surface area (Å²) in [7, 11) is 1.92. The lowest BCUT2D eigenvalue weighted by Crippen LogP contribution is -2.03. The largest absolute Gasteiger partial charge is 0.459 e. The topological polar surface area (TPSA) is 25.2 Å². The van der Waals surface area contributed by atoms with Crippen molar-refractivity contribution in [3.63, 3.8) is 0 Å². The third kappa shape index (κ3) is 1.42. The number of rotatable bonds is 2. The highest BCUT2D eigenvalue weighted by atomic mass is 16.3. The van der Waals surface area contributed by atoms with Crippen molar-refractivity contribution in [2.75, 3.05) is 7.05 Å². The van der Waals surface area contributed by atoms with E-state index in [2.05, 4.69) is 37.4 Å². The molecular weight excluding hydrogens is 174 g/mol. The molecule has 2 aromatic rings. The number of benzene rings is 1. The SMILES string of the molecule is CNCc1cc2c(C)ccc(C)c2o1. The number of fused-ring (bicyclic) bond motifs is 1. The quantitative estimate of drug-likeness (QED) is 0.785. The molecule has 2 nitrogen and oxygen atoms in total. The van der Waals surface area contributed by atoms with Crippen LogP contribution in [-0.2, 0) is 6.54 Å². The Morgan fingerprint density at radius 3 is 2.57 bits per heavy atom. The van der Waals surface area contributed by atoms with Crippen LogP contribution in [0.4, 0.5) is 0 Å². The van der Waals surface area contributed by atoms with Crippen LogP contribution in [-0.4, -0.2) is 7.05 Å². The molecule has 14 heavy (non-hydrogen) atoms. The van der Waals surface area contributed by atoms with Gasteiger partial charge in [0.05, 0.1) is 6.54 Å². The summed E-state index contributed by atoms with van der Waals surface area (Å²) in [6.45, 7) is 4.97. The number of nitrogens with one attached hydrogen (secondary N) is 1. The molecule has 0 unspecified atom stereocenters. The molecule has 0 atom stereocenters. The minimum Gasteiger partial charge on any atom is -0.459 e. The van der Waals surface area contributed by atoms with Gasteiger partial charge in [0.15, 0.2) is 0 Å². The average molecular weight is 189 g/mol. The fourth-order valence-electron chi connectivity index (χ4n) is 1.70. The van der Waals surface area contributed by atoms with Gasteiger partial charge in [0.2, 0.25) is 0 Å². The second kappa shape index (κ2) is 3.46. The molecular formula is C12H15NO. The second-order valence-electron chi connectivity index (χ2n) is 3.69. The Labute approximate surface area is 83.9 Å². The summed E-state index contributed by atoms with van der Waals surface area (Å²) in [6.07, 6.45) is 0. The highest BCUT2D eigenvalue weighted by Gasteiger charge is 2.07. The van der Waals surface area contributed by atoms with Gasteiger partial charge in [-0.1, -0.05) is 12.1 Å². The summed E-state index contributed by atoms with van der Waals surface area (Å²) in [5, 5.41) is 4.32. The van der Waals surface area contributed by atoms with Gasteiger partial charge in [0.25, 0.3) is 0 Å². The Kier molecular flexibility index (Phi) is 2.30. The minimum absolute atomic E-state index is 0.785. The third-order valence-electron chi connectivity index (χ3n) is 2.50. The molecule has 0 spiro atoms. The molecule has 0 radical (unpaired) electrons. The first-order chi connectivity index (χ1) is 6.72. The zero-order chi connectivity index (χ0) is 10.1. The lowest BCUT2D eigenvalue weighted by Gasteiger charge is -1.96. The molecule has 0 aliphatic rings. The number of hydrogen-bond donors (Lipinski definition) is 1. The summed E-state index contributed by atoms with van der Waals surface area (Å²) in [4.78, 5) is 0. The molecule has 0 aliphatic carbocycles. The second-order valence-corrected chi connectivity index (χ2v) is 3.69. The van der Waals surface area contributed by atoms with Gasteiger partial charge in [-0.15, -0.1) is 0 Å². The molecule has 1 aromatic heterocycles. The Morgan fingerprint density at radius 2 is 1.93 bits per heavy atom. The van der Waals surface area contributed by atoms with Crippen molar-refractivity contribution >= 4 is 11.0 Å². The van der Waals surface area contributed by atoms with Crippen LogP contribution in [0.5, 0.6) is 0 Å². The molecule has 0 fully saturated rings. The van der Waals surface area contributed by atoms with Gasteiger partial charge in [-0.3, -0.25) is 0 Å². The van der Waals surface area contributed by atoms with Crippen LogP contribution in [0.1, 0.15) is 16.9 Å². The summed E-state index contributed by atoms with van der Waals surface area (Å²) in [5.41, 5.74) is 3.50. The molecule has 1 heterocycles. The lowest BCUT2D eigenvalue weighted by atomic mass is 10.1.